The van der Waals surface area contributed by atoms with Crippen LogP contribution in [0.3, 0.4) is 0 Å². The van der Waals surface area contributed by atoms with E-state index in [4.69, 9.17) is 5.73 Å². The highest BCUT2D eigenvalue weighted by atomic mass is 14.8. The molecule has 0 bridgehead atoms. The van der Waals surface area contributed by atoms with Gasteiger partial charge in [0.15, 0.2) is 0 Å². The molecule has 3 nitrogen and oxygen atoms in total. The number of fused-ring (bicyclic) bond motifs is 3. The van der Waals surface area contributed by atoms with Gasteiger partial charge < -0.3 is 5.73 Å². The van der Waals surface area contributed by atoms with Crippen LogP contribution in [-0.2, 0) is 6.42 Å². The predicted molar refractivity (Wildman–Crippen MR) is 58.1 cm³/mol. The van der Waals surface area contributed by atoms with Gasteiger partial charge in [0.05, 0.1) is 5.69 Å². The van der Waals surface area contributed by atoms with Crippen molar-refractivity contribution in [2.45, 2.75) is 12.5 Å². The Bertz CT molecular complexity index is 508. The maximum Gasteiger partial charge on any atom is 0.116 e. The van der Waals surface area contributed by atoms with Crippen LogP contribution < -0.4 is 5.73 Å². The fraction of sp³-hybridized carbons (Fsp3) is 0.167. The molecular weight excluding hydrogens is 186 g/mol. The van der Waals surface area contributed by atoms with Gasteiger partial charge in [0.2, 0.25) is 0 Å². The molecule has 1 atom stereocenters. The van der Waals surface area contributed by atoms with Crippen LogP contribution in [0.15, 0.2) is 36.8 Å². The number of rotatable bonds is 0. The Hall–Kier alpha value is -1.74. The van der Waals surface area contributed by atoms with Crippen molar-refractivity contribution >= 4 is 0 Å². The monoisotopic (exact) mass is 197 g/mol. The summed E-state index contributed by atoms with van der Waals surface area (Å²) in [6.07, 6.45) is 4.27. The maximum atomic E-state index is 6.08. The lowest BCUT2D eigenvalue weighted by atomic mass is 9.87. The van der Waals surface area contributed by atoms with Gasteiger partial charge in [-0.15, -0.1) is 0 Å². The van der Waals surface area contributed by atoms with E-state index in [-0.39, 0.29) is 6.04 Å². The van der Waals surface area contributed by atoms with Crippen LogP contribution in [0.4, 0.5) is 0 Å². The lowest BCUT2D eigenvalue weighted by Crippen LogP contribution is -2.19. The lowest BCUT2D eigenvalue weighted by molar-refractivity contribution is 0.702. The van der Waals surface area contributed by atoms with Gasteiger partial charge in [-0.25, -0.2) is 9.97 Å². The summed E-state index contributed by atoms with van der Waals surface area (Å²) in [5.74, 6) is 0. The van der Waals surface area contributed by atoms with E-state index in [9.17, 15) is 0 Å². The van der Waals surface area contributed by atoms with E-state index in [1.807, 2.05) is 18.3 Å². The van der Waals surface area contributed by atoms with Gasteiger partial charge in [-0.1, -0.05) is 24.3 Å². The number of hydrogen-bond donors (Lipinski definition) is 1. The zero-order chi connectivity index (χ0) is 10.3. The summed E-state index contributed by atoms with van der Waals surface area (Å²) in [4.78, 5) is 8.35. The number of benzene rings is 1. The van der Waals surface area contributed by atoms with Crippen LogP contribution in [0.1, 0.15) is 17.2 Å². The molecule has 15 heavy (non-hydrogen) atoms. The Morgan fingerprint density at radius 2 is 2.13 bits per heavy atom. The fourth-order valence-electron chi connectivity index (χ4n) is 2.11. The third-order valence-electron chi connectivity index (χ3n) is 2.85. The molecule has 2 N–H and O–H groups in total. The molecule has 1 unspecified atom stereocenters. The third kappa shape index (κ3) is 1.24. The number of hydrogen-bond acceptors (Lipinski definition) is 3. The van der Waals surface area contributed by atoms with Crippen LogP contribution >= 0.6 is 0 Å². The molecule has 1 aliphatic rings. The van der Waals surface area contributed by atoms with Gasteiger partial charge in [0.25, 0.3) is 0 Å². The zero-order valence-corrected chi connectivity index (χ0v) is 8.22. The Balaban J connectivity index is 2.30. The second-order valence-electron chi connectivity index (χ2n) is 3.79. The first-order chi connectivity index (χ1) is 7.36. The summed E-state index contributed by atoms with van der Waals surface area (Å²) in [6, 6.07) is 8.29. The minimum atomic E-state index is 0.0242. The summed E-state index contributed by atoms with van der Waals surface area (Å²) < 4.78 is 0. The molecule has 0 radical (unpaired) electrons. The fourth-order valence-corrected chi connectivity index (χ4v) is 2.11. The molecule has 0 saturated heterocycles. The average Bonchev–Trinajstić information content (AvgIpc) is 2.30. The smallest absolute Gasteiger partial charge is 0.116 e. The molecule has 0 spiro atoms. The summed E-state index contributed by atoms with van der Waals surface area (Å²) in [5.41, 5.74) is 10.6. The Labute approximate surface area is 88.0 Å². The molecule has 3 heteroatoms. The molecule has 0 fully saturated rings. The SMILES string of the molecule is NC1Cc2ccccc2-c2ncncc21. The number of nitrogens with two attached hydrogens (primary N) is 1. The van der Waals surface area contributed by atoms with Crippen LogP contribution in [0.5, 0.6) is 0 Å². The van der Waals surface area contributed by atoms with Crippen LogP contribution in [-0.4, -0.2) is 9.97 Å². The van der Waals surface area contributed by atoms with E-state index >= 15 is 0 Å². The summed E-state index contributed by atoms with van der Waals surface area (Å²) in [6.45, 7) is 0. The first-order valence-electron chi connectivity index (χ1n) is 5.00. The van der Waals surface area contributed by atoms with Crippen LogP contribution in [0.25, 0.3) is 11.3 Å². The number of aromatic nitrogens is 2. The highest BCUT2D eigenvalue weighted by Gasteiger charge is 2.22. The Morgan fingerprint density at radius 1 is 1.27 bits per heavy atom. The van der Waals surface area contributed by atoms with Gasteiger partial charge in [-0.3, -0.25) is 0 Å². The molecule has 0 saturated carbocycles. The molecule has 0 amide bonds. The third-order valence-corrected chi connectivity index (χ3v) is 2.85. The largest absolute Gasteiger partial charge is 0.324 e. The molecule has 3 rings (SSSR count). The summed E-state index contributed by atoms with van der Waals surface area (Å²) in [7, 11) is 0. The minimum Gasteiger partial charge on any atom is -0.324 e. The lowest BCUT2D eigenvalue weighted by Gasteiger charge is -2.23. The standard InChI is InChI=1S/C12H11N3/c13-11-5-8-3-1-2-4-9(8)12-10(11)6-14-7-15-12/h1-4,6-7,11H,5,13H2. The quantitative estimate of drug-likeness (QED) is 0.699. The molecule has 0 aliphatic heterocycles. The normalized spacial score (nSPS) is 18.1. The highest BCUT2D eigenvalue weighted by Crippen LogP contribution is 2.34. The van der Waals surface area contributed by atoms with E-state index in [0.717, 1.165) is 17.7 Å². The zero-order valence-electron chi connectivity index (χ0n) is 8.22. The van der Waals surface area contributed by atoms with Gasteiger partial charge in [-0.2, -0.15) is 0 Å². The molecule has 1 aliphatic carbocycles. The van der Waals surface area contributed by atoms with Crippen molar-refractivity contribution in [2.24, 2.45) is 5.73 Å². The first-order valence-corrected chi connectivity index (χ1v) is 5.00. The van der Waals surface area contributed by atoms with Crippen molar-refractivity contribution in [3.63, 3.8) is 0 Å². The van der Waals surface area contributed by atoms with Crippen molar-refractivity contribution < 1.29 is 0 Å². The molecule has 1 aromatic heterocycles. The van der Waals surface area contributed by atoms with Gasteiger partial charge in [0, 0.05) is 23.4 Å². The molecular formula is C12H11N3. The van der Waals surface area contributed by atoms with Gasteiger partial charge in [0.1, 0.15) is 6.33 Å². The molecule has 74 valence electrons. The minimum absolute atomic E-state index is 0.0242. The predicted octanol–water partition coefficient (Wildman–Crippen LogP) is 1.70. The van der Waals surface area contributed by atoms with E-state index in [2.05, 4.69) is 22.1 Å². The maximum absolute atomic E-state index is 6.08. The van der Waals surface area contributed by atoms with E-state index in [0.29, 0.717) is 0 Å². The molecule has 2 aromatic rings. The second-order valence-corrected chi connectivity index (χ2v) is 3.79. The summed E-state index contributed by atoms with van der Waals surface area (Å²) in [5, 5.41) is 0. The summed E-state index contributed by atoms with van der Waals surface area (Å²) >= 11 is 0. The second kappa shape index (κ2) is 3.14. The molecule has 1 aromatic carbocycles. The average molecular weight is 197 g/mol. The van der Waals surface area contributed by atoms with E-state index in [1.54, 1.807) is 6.33 Å². The Kier molecular flexibility index (Phi) is 1.79. The van der Waals surface area contributed by atoms with Crippen molar-refractivity contribution in [2.75, 3.05) is 0 Å². The van der Waals surface area contributed by atoms with Crippen molar-refractivity contribution in [1.82, 2.24) is 9.97 Å². The Morgan fingerprint density at radius 3 is 3.07 bits per heavy atom. The first kappa shape index (κ1) is 8.56. The van der Waals surface area contributed by atoms with Crippen molar-refractivity contribution in [3.8, 4) is 11.3 Å². The number of nitrogens with zero attached hydrogens (tertiary/aromatic N) is 2. The molecule has 1 heterocycles. The van der Waals surface area contributed by atoms with Crippen molar-refractivity contribution in [3.05, 3.63) is 47.9 Å². The van der Waals surface area contributed by atoms with Crippen LogP contribution in [0.2, 0.25) is 0 Å². The van der Waals surface area contributed by atoms with Gasteiger partial charge >= 0.3 is 0 Å². The van der Waals surface area contributed by atoms with Crippen LogP contribution in [0, 0.1) is 0 Å². The van der Waals surface area contributed by atoms with E-state index < -0.39 is 0 Å². The topological polar surface area (TPSA) is 51.8 Å². The van der Waals surface area contributed by atoms with E-state index in [1.165, 1.54) is 11.1 Å². The highest BCUT2D eigenvalue weighted by molar-refractivity contribution is 5.69. The van der Waals surface area contributed by atoms with Gasteiger partial charge in [-0.05, 0) is 12.0 Å². The van der Waals surface area contributed by atoms with Crippen molar-refractivity contribution in [1.29, 1.82) is 0 Å².